The van der Waals surface area contributed by atoms with Gasteiger partial charge in [-0.05, 0) is 51.4 Å². The molecular formula is C63H119NO8P+. The average Bonchev–Trinajstić information content (AvgIpc) is 3.35. The molecule has 10 heteroatoms. The molecule has 0 saturated carbocycles. The van der Waals surface area contributed by atoms with Crippen molar-refractivity contribution in [1.29, 1.82) is 0 Å². The molecule has 0 radical (unpaired) electrons. The monoisotopic (exact) mass is 1050 g/mol. The summed E-state index contributed by atoms with van der Waals surface area (Å²) in [6, 6.07) is 0. The summed E-state index contributed by atoms with van der Waals surface area (Å²) in [5.41, 5.74) is 0. The van der Waals surface area contributed by atoms with Crippen molar-refractivity contribution in [2.24, 2.45) is 0 Å². The summed E-state index contributed by atoms with van der Waals surface area (Å²) >= 11 is 0. The van der Waals surface area contributed by atoms with Crippen LogP contribution in [-0.2, 0) is 32.7 Å². The number of phosphoric acid groups is 1. The van der Waals surface area contributed by atoms with Gasteiger partial charge >= 0.3 is 19.8 Å². The van der Waals surface area contributed by atoms with E-state index in [-0.39, 0.29) is 25.6 Å². The predicted octanol–water partition coefficient (Wildman–Crippen LogP) is 19.3. The van der Waals surface area contributed by atoms with Gasteiger partial charge in [-0.1, -0.05) is 274 Å². The van der Waals surface area contributed by atoms with E-state index in [0.29, 0.717) is 23.9 Å². The lowest BCUT2D eigenvalue weighted by Crippen LogP contribution is -2.37. The Morgan fingerprint density at radius 1 is 0.438 bits per heavy atom. The van der Waals surface area contributed by atoms with Crippen LogP contribution >= 0.6 is 7.82 Å². The summed E-state index contributed by atoms with van der Waals surface area (Å²) in [6.45, 7) is 4.35. The molecule has 0 saturated heterocycles. The molecule has 0 aromatic heterocycles. The van der Waals surface area contributed by atoms with Crippen LogP contribution in [-0.4, -0.2) is 74.9 Å². The van der Waals surface area contributed by atoms with Gasteiger partial charge in [-0.15, -0.1) is 0 Å². The van der Waals surface area contributed by atoms with Gasteiger partial charge in [0.15, 0.2) is 6.10 Å². The minimum Gasteiger partial charge on any atom is -0.462 e. The van der Waals surface area contributed by atoms with E-state index in [1.165, 1.54) is 199 Å². The van der Waals surface area contributed by atoms with Crippen LogP contribution in [0.1, 0.15) is 290 Å². The second-order valence-corrected chi connectivity index (χ2v) is 23.5. The highest BCUT2D eigenvalue weighted by Gasteiger charge is 2.27. The van der Waals surface area contributed by atoms with Gasteiger partial charge in [0.25, 0.3) is 0 Å². The molecule has 0 aliphatic carbocycles. The topological polar surface area (TPSA) is 108 Å². The van der Waals surface area contributed by atoms with E-state index < -0.39 is 26.5 Å². The Labute approximate surface area is 452 Å². The molecule has 73 heavy (non-hydrogen) atoms. The first-order chi connectivity index (χ1) is 35.5. The maximum absolute atomic E-state index is 12.8. The van der Waals surface area contributed by atoms with Crippen molar-refractivity contribution in [3.63, 3.8) is 0 Å². The summed E-state index contributed by atoms with van der Waals surface area (Å²) in [4.78, 5) is 35.6. The quantitative estimate of drug-likeness (QED) is 0.0211. The maximum Gasteiger partial charge on any atom is 0.472 e. The molecule has 428 valence electrons. The van der Waals surface area contributed by atoms with Crippen molar-refractivity contribution in [2.45, 2.75) is 296 Å². The maximum atomic E-state index is 12.8. The molecule has 0 aliphatic rings. The van der Waals surface area contributed by atoms with Crippen LogP contribution < -0.4 is 0 Å². The molecule has 0 bridgehead atoms. The third-order valence-electron chi connectivity index (χ3n) is 13.6. The molecule has 0 aliphatic heterocycles. The number of hydrogen-bond donors (Lipinski definition) is 1. The number of allylic oxidation sites excluding steroid dienone is 8. The zero-order chi connectivity index (χ0) is 53.5. The zero-order valence-corrected chi connectivity index (χ0v) is 49.5. The number of rotatable bonds is 57. The average molecular weight is 1050 g/mol. The van der Waals surface area contributed by atoms with Crippen LogP contribution in [0.3, 0.4) is 0 Å². The second-order valence-electron chi connectivity index (χ2n) is 22.1. The highest BCUT2D eigenvalue weighted by atomic mass is 31.2. The molecule has 2 atom stereocenters. The number of phosphoric ester groups is 1. The van der Waals surface area contributed by atoms with E-state index in [2.05, 4.69) is 62.5 Å². The lowest BCUT2D eigenvalue weighted by Gasteiger charge is -2.24. The molecular weight excluding hydrogens is 930 g/mol. The van der Waals surface area contributed by atoms with E-state index in [0.717, 1.165) is 57.8 Å². The highest BCUT2D eigenvalue weighted by molar-refractivity contribution is 7.47. The third kappa shape index (κ3) is 59.1. The number of carbonyl (C=O) groups is 2. The van der Waals surface area contributed by atoms with Crippen LogP contribution in [0, 0.1) is 0 Å². The van der Waals surface area contributed by atoms with Crippen molar-refractivity contribution in [2.75, 3.05) is 47.5 Å². The fraction of sp³-hybridized carbons (Fsp3) is 0.841. The standard InChI is InChI=1S/C63H118NO8P/c1-6-8-10-12-14-16-18-20-21-22-23-24-25-26-27-28-29-30-31-32-33-34-35-36-37-38-39-40-41-42-43-44-46-48-50-52-54-56-63(66)72-61(60-71-73(67,68)70-58-57-64(3,4)5)59-69-62(65)55-53-51-49-47-45-19-17-15-13-11-9-7-2/h8,10,14,16,20-21,23-24,61H,6-7,9,11-13,15,17-19,22,25-60H2,1-5H3/p+1/b10-8-,16-14-,21-20-,24-23-. The van der Waals surface area contributed by atoms with E-state index >= 15 is 0 Å². The molecule has 2 unspecified atom stereocenters. The highest BCUT2D eigenvalue weighted by Crippen LogP contribution is 2.43. The fourth-order valence-corrected chi connectivity index (χ4v) is 9.63. The van der Waals surface area contributed by atoms with Crippen molar-refractivity contribution < 1.29 is 42.1 Å². The van der Waals surface area contributed by atoms with E-state index in [9.17, 15) is 19.0 Å². The lowest BCUT2D eigenvalue weighted by molar-refractivity contribution is -0.870. The van der Waals surface area contributed by atoms with Crippen LogP contribution in [0.25, 0.3) is 0 Å². The third-order valence-corrected chi connectivity index (χ3v) is 14.6. The van der Waals surface area contributed by atoms with Crippen LogP contribution in [0.2, 0.25) is 0 Å². The minimum atomic E-state index is -4.38. The van der Waals surface area contributed by atoms with Crippen molar-refractivity contribution in [1.82, 2.24) is 0 Å². The molecule has 0 amide bonds. The molecule has 0 aromatic rings. The number of ether oxygens (including phenoxy) is 2. The van der Waals surface area contributed by atoms with Gasteiger partial charge in [-0.2, -0.15) is 0 Å². The van der Waals surface area contributed by atoms with Gasteiger partial charge in [-0.3, -0.25) is 18.6 Å². The smallest absolute Gasteiger partial charge is 0.462 e. The normalized spacial score (nSPS) is 13.6. The Morgan fingerprint density at radius 2 is 0.781 bits per heavy atom. The number of hydrogen-bond acceptors (Lipinski definition) is 7. The van der Waals surface area contributed by atoms with E-state index in [4.69, 9.17) is 18.5 Å². The first-order valence-corrected chi connectivity index (χ1v) is 32.4. The SMILES string of the molecule is CC/C=C\C/C=C\C/C=C\C/C=C\CCCCCCCCCCCCCCCCCCCCCCCCCCC(=O)OC(COC(=O)CCCCCCCCCCCCCC)COP(=O)(O)OCC[N+](C)(C)C. The fourth-order valence-electron chi connectivity index (χ4n) is 8.89. The summed E-state index contributed by atoms with van der Waals surface area (Å²) in [7, 11) is 1.49. The number of likely N-dealkylation sites (N-methyl/N-ethyl adjacent to an activating group) is 1. The first kappa shape index (κ1) is 71.0. The molecule has 0 aromatic carbocycles. The molecule has 0 spiro atoms. The van der Waals surface area contributed by atoms with Crippen LogP contribution in [0.15, 0.2) is 48.6 Å². The number of nitrogens with zero attached hydrogens (tertiary/aromatic N) is 1. The summed E-state index contributed by atoms with van der Waals surface area (Å²) in [6.07, 6.45) is 69.3. The summed E-state index contributed by atoms with van der Waals surface area (Å²) in [5, 5.41) is 0. The Bertz CT molecular complexity index is 1370. The molecule has 1 N–H and O–H groups in total. The zero-order valence-electron chi connectivity index (χ0n) is 48.6. The summed E-state index contributed by atoms with van der Waals surface area (Å²) in [5.74, 6) is -0.783. The predicted molar refractivity (Wildman–Crippen MR) is 312 cm³/mol. The number of quaternary nitrogens is 1. The van der Waals surface area contributed by atoms with Gasteiger partial charge in [-0.25, -0.2) is 4.57 Å². The Kier molecular flexibility index (Phi) is 53.2. The summed E-state index contributed by atoms with van der Waals surface area (Å²) < 4.78 is 34.5. The molecule has 0 fully saturated rings. The number of unbranched alkanes of at least 4 members (excludes halogenated alkanes) is 35. The van der Waals surface area contributed by atoms with Crippen molar-refractivity contribution in [3.05, 3.63) is 48.6 Å². The van der Waals surface area contributed by atoms with Crippen LogP contribution in [0.5, 0.6) is 0 Å². The van der Waals surface area contributed by atoms with Gasteiger partial charge in [0.1, 0.15) is 19.8 Å². The van der Waals surface area contributed by atoms with Gasteiger partial charge in [0.2, 0.25) is 0 Å². The van der Waals surface area contributed by atoms with Crippen molar-refractivity contribution >= 4 is 19.8 Å². The molecule has 0 rings (SSSR count). The van der Waals surface area contributed by atoms with Crippen molar-refractivity contribution in [3.8, 4) is 0 Å². The van der Waals surface area contributed by atoms with Gasteiger partial charge in [0.05, 0.1) is 27.7 Å². The Balaban J connectivity index is 3.89. The minimum absolute atomic E-state index is 0.0347. The lowest BCUT2D eigenvalue weighted by atomic mass is 10.0. The molecule has 0 heterocycles. The molecule has 9 nitrogen and oxygen atoms in total. The Morgan fingerprint density at radius 3 is 1.16 bits per heavy atom. The first-order valence-electron chi connectivity index (χ1n) is 30.9. The van der Waals surface area contributed by atoms with Gasteiger partial charge in [0, 0.05) is 12.8 Å². The number of esters is 2. The Hall–Kier alpha value is -2.03. The second kappa shape index (κ2) is 54.7. The number of carbonyl (C=O) groups excluding carboxylic acids is 2. The van der Waals surface area contributed by atoms with Crippen LogP contribution in [0.4, 0.5) is 0 Å². The largest absolute Gasteiger partial charge is 0.472 e. The van der Waals surface area contributed by atoms with E-state index in [1.807, 2.05) is 21.1 Å². The van der Waals surface area contributed by atoms with E-state index in [1.54, 1.807) is 0 Å². The van der Waals surface area contributed by atoms with Gasteiger partial charge < -0.3 is 18.9 Å².